The maximum absolute atomic E-state index is 12.5. The van der Waals surface area contributed by atoms with Crippen LogP contribution in [0.15, 0.2) is 0 Å². The second-order valence-electron chi connectivity index (χ2n) is 18.3. The van der Waals surface area contributed by atoms with Gasteiger partial charge in [0.2, 0.25) is 11.8 Å². The normalized spacial score (nSPS) is 50.3. The first-order chi connectivity index (χ1) is 34.0. The van der Waals surface area contributed by atoms with Gasteiger partial charge in [-0.05, 0) is 6.92 Å². The molecule has 30 atom stereocenters. The molecule has 32 nitrogen and oxygen atoms in total. The highest BCUT2D eigenvalue weighted by Gasteiger charge is 2.57. The molecule has 72 heavy (non-hydrogen) atoms. The van der Waals surface area contributed by atoms with Gasteiger partial charge < -0.3 is 150 Å². The summed E-state index contributed by atoms with van der Waals surface area (Å²) in [7, 11) is 0. The summed E-state index contributed by atoms with van der Waals surface area (Å²) in [6.45, 7) is -1.19. The van der Waals surface area contributed by atoms with Crippen molar-refractivity contribution in [2.45, 2.75) is 205 Å². The van der Waals surface area contributed by atoms with Gasteiger partial charge in [0.05, 0.1) is 39.1 Å². The fourth-order valence-electron chi connectivity index (χ4n) is 9.14. The second-order valence-corrected chi connectivity index (χ2v) is 18.3. The number of nitrogens with one attached hydrogen (secondary N) is 2. The van der Waals surface area contributed by atoms with Gasteiger partial charge in [-0.15, -0.1) is 0 Å². The molecule has 0 unspecified atom stereocenters. The van der Waals surface area contributed by atoms with Gasteiger partial charge in [-0.2, -0.15) is 0 Å². The Hall–Kier alpha value is -2.18. The minimum atomic E-state index is -2.19. The van der Waals surface area contributed by atoms with Gasteiger partial charge in [0.25, 0.3) is 0 Å². The van der Waals surface area contributed by atoms with Crippen LogP contribution in [0.3, 0.4) is 0 Å². The van der Waals surface area contributed by atoms with Gasteiger partial charge in [0, 0.05) is 13.8 Å². The van der Waals surface area contributed by atoms with Crippen molar-refractivity contribution in [2.24, 2.45) is 0 Å². The first-order valence-electron chi connectivity index (χ1n) is 23.0. The molecule has 6 saturated heterocycles. The Balaban J connectivity index is 1.19. The van der Waals surface area contributed by atoms with Crippen LogP contribution in [0.5, 0.6) is 0 Å². The van der Waals surface area contributed by atoms with E-state index in [1.165, 1.54) is 6.92 Å². The molecule has 0 aromatic rings. The van der Waals surface area contributed by atoms with E-state index < -0.39 is 229 Å². The van der Waals surface area contributed by atoms with E-state index in [9.17, 15) is 96.4 Å². The maximum atomic E-state index is 12.5. The third kappa shape index (κ3) is 12.6. The molecule has 32 heteroatoms. The molecule has 6 rings (SSSR count). The van der Waals surface area contributed by atoms with E-state index in [-0.39, 0.29) is 0 Å². The van der Waals surface area contributed by atoms with Crippen LogP contribution in [-0.4, -0.2) is 316 Å². The zero-order valence-electron chi connectivity index (χ0n) is 38.8. The van der Waals surface area contributed by atoms with E-state index in [4.69, 9.17) is 52.1 Å². The van der Waals surface area contributed by atoms with E-state index in [0.29, 0.717) is 0 Å². The molecule has 0 radical (unpaired) electrons. The second kappa shape index (κ2) is 25.3. The standard InChI is InChI=1S/C40H68N2O30/c1-9-19(49)25(55)28(58)37(63-9)72-34-27(57)21(51)13(5-44)67-40(34)71-33-22(52)14(6-45)66-39(30(33)60)69-31-15(7-46)68-36(17(24(31)54)41-10(2)47)62-8-16-23(53)32(18(35(61)64-16)42-11(3)48)70-38-29(59)26(56)20(50)12(4-43)65-38/h9,12-40,43-46,49-61H,4-8H2,1-3H3,(H,41,47)(H,42,48)/t9-,12+,13+,14+,15+,16+,17+,18+,19+,20-,21-,22-,23-,24+,25+,26-,27-,28-,29+,30+,31+,32+,33-,34+,35-,36+,37-,38-,39-,40+/m0/s1. The molecular weight excluding hydrogens is 988 g/mol. The topological polar surface area (TPSA) is 504 Å². The molecule has 2 amide bonds. The molecular formula is C40H68N2O30. The number of amides is 2. The summed E-state index contributed by atoms with van der Waals surface area (Å²) in [6.07, 6.45) is -51.3. The first kappa shape index (κ1) is 59.1. The Morgan fingerprint density at radius 3 is 1.39 bits per heavy atom. The zero-order chi connectivity index (χ0) is 53.2. The molecule has 0 aromatic carbocycles. The lowest BCUT2D eigenvalue weighted by molar-refractivity contribution is -0.394. The Morgan fingerprint density at radius 2 is 0.819 bits per heavy atom. The van der Waals surface area contributed by atoms with Crippen LogP contribution >= 0.6 is 0 Å². The van der Waals surface area contributed by atoms with Crippen molar-refractivity contribution < 1.29 is 149 Å². The van der Waals surface area contributed by atoms with Crippen molar-refractivity contribution in [1.29, 1.82) is 0 Å². The molecule has 0 aromatic heterocycles. The van der Waals surface area contributed by atoms with Crippen LogP contribution in [0.1, 0.15) is 20.8 Å². The number of carbonyl (C=O) groups is 2. The smallest absolute Gasteiger partial charge is 0.217 e. The SMILES string of the molecule is CC(=O)N[C@@H]1[C@@H](O[C@@H]2O[C@H](CO)[C@H](O)[C@H](O)[C@H]2O)[C@@H](O)[C@@H](CO[C@@H]2O[C@H](CO)[C@@H](O[C@@H]3O[C@H](CO)[C@H](O)[C@H](O[C@H]4O[C@H](CO)[C@H](O)[C@H](O)[C@H]4O[C@@H]4O[C@@H](C)[C@@H](O)[C@@H](O)[C@@H]4O)[C@H]3O)[C@H](O)[C@H]2NC(C)=O)O[C@@H]1O. The fourth-order valence-corrected chi connectivity index (χ4v) is 9.14. The van der Waals surface area contributed by atoms with Crippen molar-refractivity contribution in [3.8, 4) is 0 Å². The van der Waals surface area contributed by atoms with Crippen molar-refractivity contribution in [3.63, 3.8) is 0 Å². The lowest BCUT2D eigenvalue weighted by Gasteiger charge is -2.50. The molecule has 0 aliphatic carbocycles. The summed E-state index contributed by atoms with van der Waals surface area (Å²) in [6, 6.07) is -3.26. The minimum absolute atomic E-state index is 0.751. The number of hydrogen-bond donors (Lipinski definition) is 19. The first-order valence-corrected chi connectivity index (χ1v) is 23.0. The van der Waals surface area contributed by atoms with Gasteiger partial charge in [-0.1, -0.05) is 0 Å². The third-order valence-corrected chi connectivity index (χ3v) is 13.2. The highest BCUT2D eigenvalue weighted by atomic mass is 16.8. The summed E-state index contributed by atoms with van der Waals surface area (Å²) >= 11 is 0. The van der Waals surface area contributed by atoms with Crippen LogP contribution in [-0.2, 0) is 61.7 Å². The van der Waals surface area contributed by atoms with Crippen molar-refractivity contribution in [1.82, 2.24) is 10.6 Å². The van der Waals surface area contributed by atoms with Crippen LogP contribution < -0.4 is 10.6 Å². The van der Waals surface area contributed by atoms with Crippen molar-refractivity contribution in [2.75, 3.05) is 33.0 Å². The van der Waals surface area contributed by atoms with Crippen LogP contribution in [0.4, 0.5) is 0 Å². The molecule has 19 N–H and O–H groups in total. The highest BCUT2D eigenvalue weighted by molar-refractivity contribution is 5.73. The lowest BCUT2D eigenvalue weighted by Crippen LogP contribution is -2.69. The summed E-state index contributed by atoms with van der Waals surface area (Å²) in [5.41, 5.74) is 0. The lowest BCUT2D eigenvalue weighted by atomic mass is 9.94. The molecule has 6 aliphatic rings. The number of aliphatic hydroxyl groups excluding tert-OH is 17. The maximum Gasteiger partial charge on any atom is 0.217 e. The average Bonchev–Trinajstić information content (AvgIpc) is 3.34. The third-order valence-electron chi connectivity index (χ3n) is 13.2. The molecule has 0 saturated carbocycles. The summed E-state index contributed by atoms with van der Waals surface area (Å²) in [5.74, 6) is -1.55. The quantitative estimate of drug-likeness (QED) is 0.0643. The number of carbonyl (C=O) groups excluding carboxylic acids is 2. The zero-order valence-corrected chi connectivity index (χ0v) is 38.8. The predicted molar refractivity (Wildman–Crippen MR) is 221 cm³/mol. The molecule has 6 aliphatic heterocycles. The number of hydrogen-bond acceptors (Lipinski definition) is 30. The van der Waals surface area contributed by atoms with Crippen LogP contribution in [0.25, 0.3) is 0 Å². The highest BCUT2D eigenvalue weighted by Crippen LogP contribution is 2.36. The van der Waals surface area contributed by atoms with Gasteiger partial charge in [-0.25, -0.2) is 0 Å². The molecule has 418 valence electrons. The Bertz CT molecular complexity index is 1730. The number of ether oxygens (including phenoxy) is 11. The summed E-state index contributed by atoms with van der Waals surface area (Å²) in [5, 5.41) is 186. The summed E-state index contributed by atoms with van der Waals surface area (Å²) in [4.78, 5) is 24.6. The Kier molecular flexibility index (Phi) is 20.8. The van der Waals surface area contributed by atoms with E-state index in [0.717, 1.165) is 13.8 Å². The minimum Gasteiger partial charge on any atom is -0.394 e. The average molecular weight is 1060 g/mol. The van der Waals surface area contributed by atoms with Crippen molar-refractivity contribution in [3.05, 3.63) is 0 Å². The predicted octanol–water partition coefficient (Wildman–Crippen LogP) is -12.8. The monoisotopic (exact) mass is 1060 g/mol. The molecule has 0 bridgehead atoms. The van der Waals surface area contributed by atoms with E-state index in [2.05, 4.69) is 10.6 Å². The molecule has 6 fully saturated rings. The number of rotatable bonds is 17. The summed E-state index contributed by atoms with van der Waals surface area (Å²) < 4.78 is 62.6. The number of aliphatic hydroxyl groups is 17. The van der Waals surface area contributed by atoms with Crippen LogP contribution in [0, 0.1) is 0 Å². The Morgan fingerprint density at radius 1 is 0.389 bits per heavy atom. The van der Waals surface area contributed by atoms with Gasteiger partial charge >= 0.3 is 0 Å². The largest absolute Gasteiger partial charge is 0.394 e. The Labute approximate surface area is 408 Å². The van der Waals surface area contributed by atoms with Crippen LogP contribution in [0.2, 0.25) is 0 Å². The molecule has 6 heterocycles. The van der Waals surface area contributed by atoms with E-state index in [1.54, 1.807) is 0 Å². The van der Waals surface area contributed by atoms with Gasteiger partial charge in [0.15, 0.2) is 37.7 Å². The fraction of sp³-hybridized carbons (Fsp3) is 0.950. The van der Waals surface area contributed by atoms with Gasteiger partial charge in [0.1, 0.15) is 140 Å². The van der Waals surface area contributed by atoms with Gasteiger partial charge in [-0.3, -0.25) is 9.59 Å². The van der Waals surface area contributed by atoms with Crippen molar-refractivity contribution >= 4 is 11.8 Å². The van der Waals surface area contributed by atoms with E-state index in [1.807, 2.05) is 0 Å². The molecule has 0 spiro atoms. The van der Waals surface area contributed by atoms with E-state index >= 15 is 0 Å².